The number of pyridine rings is 1. The summed E-state index contributed by atoms with van der Waals surface area (Å²) < 4.78 is 10.5. The molecule has 1 aromatic heterocycles. The Labute approximate surface area is 159 Å². The van der Waals surface area contributed by atoms with Crippen LogP contribution in [-0.2, 0) is 9.47 Å². The Morgan fingerprint density at radius 3 is 2.37 bits per heavy atom. The van der Waals surface area contributed by atoms with E-state index in [0.29, 0.717) is 45.1 Å². The van der Waals surface area contributed by atoms with E-state index in [-0.39, 0.29) is 18.0 Å². The fraction of sp³-hybridized carbons (Fsp3) is 0.632. The number of nitrogens with zero attached hydrogens (tertiary/aromatic N) is 3. The van der Waals surface area contributed by atoms with Crippen LogP contribution in [0, 0.1) is 6.92 Å². The van der Waals surface area contributed by atoms with Gasteiger partial charge in [-0.25, -0.2) is 9.78 Å². The molecule has 1 aromatic rings. The number of carbonyl (C=O) groups is 2. The van der Waals surface area contributed by atoms with Crippen molar-refractivity contribution in [2.24, 2.45) is 0 Å². The van der Waals surface area contributed by atoms with E-state index in [2.05, 4.69) is 15.2 Å². The van der Waals surface area contributed by atoms with Crippen molar-refractivity contribution in [3.8, 4) is 0 Å². The van der Waals surface area contributed by atoms with E-state index < -0.39 is 5.60 Å². The second-order valence-corrected chi connectivity index (χ2v) is 7.96. The third kappa shape index (κ3) is 4.88. The predicted octanol–water partition coefficient (Wildman–Crippen LogP) is 1.58. The fourth-order valence-electron chi connectivity index (χ4n) is 3.05. The fourth-order valence-corrected chi connectivity index (χ4v) is 3.05. The molecule has 27 heavy (non-hydrogen) atoms. The molecule has 2 saturated heterocycles. The van der Waals surface area contributed by atoms with Gasteiger partial charge >= 0.3 is 6.09 Å². The number of anilines is 1. The lowest BCUT2D eigenvalue weighted by Crippen LogP contribution is -2.50. The molecule has 0 saturated carbocycles. The van der Waals surface area contributed by atoms with E-state index in [1.165, 1.54) is 0 Å². The van der Waals surface area contributed by atoms with Gasteiger partial charge in [0.25, 0.3) is 5.91 Å². The summed E-state index contributed by atoms with van der Waals surface area (Å²) in [5, 5.41) is 2.90. The molecule has 0 bridgehead atoms. The molecule has 0 spiro atoms. The van der Waals surface area contributed by atoms with E-state index in [9.17, 15) is 9.59 Å². The zero-order chi connectivity index (χ0) is 19.6. The van der Waals surface area contributed by atoms with E-state index >= 15 is 0 Å². The minimum atomic E-state index is -0.489. The van der Waals surface area contributed by atoms with Crippen molar-refractivity contribution in [1.29, 1.82) is 0 Å². The van der Waals surface area contributed by atoms with Gasteiger partial charge in [0.1, 0.15) is 11.3 Å². The Kier molecular flexibility index (Phi) is 5.55. The van der Waals surface area contributed by atoms with Crippen LogP contribution in [0.3, 0.4) is 0 Å². The molecule has 0 aromatic carbocycles. The highest BCUT2D eigenvalue weighted by molar-refractivity contribution is 5.93. The Morgan fingerprint density at radius 2 is 1.85 bits per heavy atom. The van der Waals surface area contributed by atoms with Gasteiger partial charge in [0.2, 0.25) is 0 Å². The minimum absolute atomic E-state index is 0.0835. The normalized spacial score (nSPS) is 18.1. The van der Waals surface area contributed by atoms with Crippen LogP contribution < -0.4 is 10.2 Å². The summed E-state index contributed by atoms with van der Waals surface area (Å²) in [5.74, 6) is -0.173. The average molecular weight is 376 g/mol. The van der Waals surface area contributed by atoms with Crippen molar-refractivity contribution in [1.82, 2.24) is 15.2 Å². The molecule has 2 amide bonds. The zero-order valence-corrected chi connectivity index (χ0v) is 16.4. The van der Waals surface area contributed by atoms with Crippen molar-refractivity contribution < 1.29 is 19.1 Å². The number of piperazine rings is 1. The van der Waals surface area contributed by atoms with Gasteiger partial charge < -0.3 is 24.6 Å². The number of aryl methyl sites for hydroxylation is 1. The number of ether oxygens (including phenoxy) is 2. The Bertz CT molecular complexity index is 704. The first-order valence-electron chi connectivity index (χ1n) is 9.32. The maximum Gasteiger partial charge on any atom is 0.410 e. The molecular formula is C19H28N4O4. The first-order valence-corrected chi connectivity index (χ1v) is 9.32. The zero-order valence-electron chi connectivity index (χ0n) is 16.4. The van der Waals surface area contributed by atoms with Crippen LogP contribution in [0.15, 0.2) is 12.1 Å². The Hall–Kier alpha value is -2.35. The van der Waals surface area contributed by atoms with Crippen LogP contribution in [0.4, 0.5) is 10.5 Å². The SMILES string of the molecule is Cc1nc(C(=O)NC2COC2)ccc1N1CCN(C(=O)OC(C)(C)C)CC1. The first kappa shape index (κ1) is 19.4. The van der Waals surface area contributed by atoms with Gasteiger partial charge in [0.15, 0.2) is 0 Å². The molecular weight excluding hydrogens is 348 g/mol. The van der Waals surface area contributed by atoms with Gasteiger partial charge in [0, 0.05) is 26.2 Å². The summed E-state index contributed by atoms with van der Waals surface area (Å²) in [7, 11) is 0. The molecule has 0 unspecified atom stereocenters. The minimum Gasteiger partial charge on any atom is -0.444 e. The monoisotopic (exact) mass is 376 g/mol. The van der Waals surface area contributed by atoms with Gasteiger partial charge in [-0.3, -0.25) is 4.79 Å². The van der Waals surface area contributed by atoms with Crippen LogP contribution in [-0.4, -0.2) is 72.9 Å². The summed E-state index contributed by atoms with van der Waals surface area (Å²) in [6, 6.07) is 3.76. The second kappa shape index (κ2) is 7.72. The number of aromatic nitrogens is 1. The number of amides is 2. The molecule has 2 aliphatic heterocycles. The third-order valence-electron chi connectivity index (χ3n) is 4.54. The molecule has 0 atom stereocenters. The summed E-state index contributed by atoms with van der Waals surface area (Å²) in [6.07, 6.45) is -0.274. The van der Waals surface area contributed by atoms with Crippen molar-refractivity contribution in [3.05, 3.63) is 23.5 Å². The standard InChI is InChI=1S/C19H28N4O4/c1-13-16(6-5-15(20-13)17(24)21-14-11-26-12-14)22-7-9-23(10-8-22)18(25)27-19(2,3)4/h5-6,14H,7-12H2,1-4H3,(H,21,24). The van der Waals surface area contributed by atoms with E-state index in [4.69, 9.17) is 9.47 Å². The van der Waals surface area contributed by atoms with Gasteiger partial charge in [-0.05, 0) is 39.8 Å². The van der Waals surface area contributed by atoms with Gasteiger partial charge in [-0.2, -0.15) is 0 Å². The van der Waals surface area contributed by atoms with Crippen molar-refractivity contribution >= 4 is 17.7 Å². The highest BCUT2D eigenvalue weighted by Gasteiger charge is 2.27. The molecule has 1 N–H and O–H groups in total. The first-order chi connectivity index (χ1) is 12.7. The molecule has 8 heteroatoms. The Morgan fingerprint density at radius 1 is 1.19 bits per heavy atom. The molecule has 2 aliphatic rings. The molecule has 0 radical (unpaired) electrons. The maximum absolute atomic E-state index is 12.2. The summed E-state index contributed by atoms with van der Waals surface area (Å²) >= 11 is 0. The summed E-state index contributed by atoms with van der Waals surface area (Å²) in [5.41, 5.74) is 1.72. The lowest BCUT2D eigenvalue weighted by molar-refractivity contribution is -0.00355. The van der Waals surface area contributed by atoms with E-state index in [0.717, 1.165) is 11.4 Å². The number of hydrogen-bond donors (Lipinski definition) is 1. The summed E-state index contributed by atoms with van der Waals surface area (Å²) in [4.78, 5) is 32.8. The molecule has 3 heterocycles. The lowest BCUT2D eigenvalue weighted by atomic mass is 10.2. The van der Waals surface area contributed by atoms with Crippen LogP contribution in [0.2, 0.25) is 0 Å². The molecule has 8 nitrogen and oxygen atoms in total. The van der Waals surface area contributed by atoms with Gasteiger partial charge in [-0.1, -0.05) is 0 Å². The van der Waals surface area contributed by atoms with Crippen LogP contribution >= 0.6 is 0 Å². The lowest BCUT2D eigenvalue weighted by Gasteiger charge is -2.37. The van der Waals surface area contributed by atoms with Gasteiger partial charge in [-0.15, -0.1) is 0 Å². The average Bonchev–Trinajstić information content (AvgIpc) is 2.56. The smallest absolute Gasteiger partial charge is 0.410 e. The van der Waals surface area contributed by atoms with E-state index in [1.807, 2.05) is 33.8 Å². The van der Waals surface area contributed by atoms with E-state index in [1.54, 1.807) is 11.0 Å². The number of carbonyl (C=O) groups excluding carboxylic acids is 2. The number of hydrogen-bond acceptors (Lipinski definition) is 6. The predicted molar refractivity (Wildman–Crippen MR) is 101 cm³/mol. The number of nitrogens with one attached hydrogen (secondary N) is 1. The second-order valence-electron chi connectivity index (χ2n) is 7.96. The Balaban J connectivity index is 1.57. The maximum atomic E-state index is 12.2. The molecule has 0 aliphatic carbocycles. The highest BCUT2D eigenvalue weighted by atomic mass is 16.6. The molecule has 3 rings (SSSR count). The molecule has 2 fully saturated rings. The summed E-state index contributed by atoms with van der Waals surface area (Å²) in [6.45, 7) is 11.2. The van der Waals surface area contributed by atoms with Crippen molar-refractivity contribution in [2.45, 2.75) is 39.3 Å². The largest absolute Gasteiger partial charge is 0.444 e. The third-order valence-corrected chi connectivity index (χ3v) is 4.54. The topological polar surface area (TPSA) is 84.0 Å². The van der Waals surface area contributed by atoms with Crippen LogP contribution in [0.25, 0.3) is 0 Å². The quantitative estimate of drug-likeness (QED) is 0.862. The van der Waals surface area contributed by atoms with Gasteiger partial charge in [0.05, 0.1) is 30.6 Å². The number of rotatable bonds is 3. The van der Waals surface area contributed by atoms with Crippen molar-refractivity contribution in [3.63, 3.8) is 0 Å². The van der Waals surface area contributed by atoms with Crippen molar-refractivity contribution in [2.75, 3.05) is 44.3 Å². The highest BCUT2D eigenvalue weighted by Crippen LogP contribution is 2.21. The molecule has 148 valence electrons. The van der Waals surface area contributed by atoms with Crippen LogP contribution in [0.1, 0.15) is 37.0 Å². The van der Waals surface area contributed by atoms with Crippen LogP contribution in [0.5, 0.6) is 0 Å².